The highest BCUT2D eigenvalue weighted by Crippen LogP contribution is 2.13. The SMILES string of the molecule is Cc1cnccc1NC(=O)c1cncc(C#CCO)c1. The van der Waals surface area contributed by atoms with E-state index < -0.39 is 0 Å². The summed E-state index contributed by atoms with van der Waals surface area (Å²) in [5.74, 6) is 4.96. The maximum Gasteiger partial charge on any atom is 0.257 e. The van der Waals surface area contributed by atoms with Crippen molar-refractivity contribution < 1.29 is 9.90 Å². The van der Waals surface area contributed by atoms with Crippen molar-refractivity contribution in [2.24, 2.45) is 0 Å². The van der Waals surface area contributed by atoms with Gasteiger partial charge in [-0.15, -0.1) is 0 Å². The third-order valence-corrected chi connectivity index (χ3v) is 2.58. The predicted octanol–water partition coefficient (Wildman–Crippen LogP) is 1.38. The summed E-state index contributed by atoms with van der Waals surface area (Å²) in [7, 11) is 0. The van der Waals surface area contributed by atoms with Crippen LogP contribution >= 0.6 is 0 Å². The van der Waals surface area contributed by atoms with Crippen LogP contribution in [0, 0.1) is 18.8 Å². The van der Waals surface area contributed by atoms with Crippen LogP contribution in [0.3, 0.4) is 0 Å². The van der Waals surface area contributed by atoms with Gasteiger partial charge in [0.2, 0.25) is 0 Å². The number of amides is 1. The summed E-state index contributed by atoms with van der Waals surface area (Å²) in [4.78, 5) is 20.1. The van der Waals surface area contributed by atoms with Crippen LogP contribution in [0.1, 0.15) is 21.5 Å². The van der Waals surface area contributed by atoms with Gasteiger partial charge in [-0.1, -0.05) is 11.8 Å². The molecule has 0 bridgehead atoms. The van der Waals surface area contributed by atoms with Crippen molar-refractivity contribution in [1.82, 2.24) is 9.97 Å². The average Bonchev–Trinajstić information content (AvgIpc) is 2.48. The topological polar surface area (TPSA) is 75.1 Å². The van der Waals surface area contributed by atoms with Crippen molar-refractivity contribution in [2.75, 3.05) is 11.9 Å². The maximum absolute atomic E-state index is 12.1. The summed E-state index contributed by atoms with van der Waals surface area (Å²) in [5, 5.41) is 11.4. The number of carbonyl (C=O) groups is 1. The Bertz CT molecular complexity index is 687. The lowest BCUT2D eigenvalue weighted by atomic mass is 10.2. The Morgan fingerprint density at radius 2 is 2.20 bits per heavy atom. The minimum Gasteiger partial charge on any atom is -0.384 e. The Hall–Kier alpha value is -2.71. The first-order valence-corrected chi connectivity index (χ1v) is 5.97. The fraction of sp³-hybridized carbons (Fsp3) is 0.133. The molecule has 0 aliphatic carbocycles. The molecule has 0 aromatic carbocycles. The molecule has 0 saturated carbocycles. The number of nitrogens with one attached hydrogen (secondary N) is 1. The molecule has 0 unspecified atom stereocenters. The van der Waals surface area contributed by atoms with E-state index in [4.69, 9.17) is 5.11 Å². The van der Waals surface area contributed by atoms with E-state index in [1.165, 1.54) is 12.4 Å². The van der Waals surface area contributed by atoms with E-state index >= 15 is 0 Å². The lowest BCUT2D eigenvalue weighted by Crippen LogP contribution is -2.13. The van der Waals surface area contributed by atoms with Gasteiger partial charge in [0.15, 0.2) is 0 Å². The quantitative estimate of drug-likeness (QED) is 0.806. The maximum atomic E-state index is 12.1. The van der Waals surface area contributed by atoms with E-state index in [2.05, 4.69) is 27.1 Å². The first-order valence-electron chi connectivity index (χ1n) is 5.97. The van der Waals surface area contributed by atoms with Gasteiger partial charge in [-0.05, 0) is 24.6 Å². The number of pyridine rings is 2. The van der Waals surface area contributed by atoms with Crippen LogP contribution in [-0.4, -0.2) is 27.6 Å². The van der Waals surface area contributed by atoms with Gasteiger partial charge in [0.05, 0.1) is 5.56 Å². The van der Waals surface area contributed by atoms with E-state index in [-0.39, 0.29) is 12.5 Å². The second-order valence-electron chi connectivity index (χ2n) is 4.07. The van der Waals surface area contributed by atoms with Crippen molar-refractivity contribution in [2.45, 2.75) is 6.92 Å². The highest BCUT2D eigenvalue weighted by atomic mass is 16.2. The van der Waals surface area contributed by atoms with Crippen molar-refractivity contribution in [3.05, 3.63) is 53.6 Å². The number of anilines is 1. The monoisotopic (exact) mass is 267 g/mol. The Labute approximate surface area is 116 Å². The molecule has 2 aromatic rings. The third kappa shape index (κ3) is 3.40. The number of nitrogens with zero attached hydrogens (tertiary/aromatic N) is 2. The Kier molecular flexibility index (Phi) is 4.43. The Balaban J connectivity index is 2.19. The second-order valence-corrected chi connectivity index (χ2v) is 4.07. The molecule has 20 heavy (non-hydrogen) atoms. The average molecular weight is 267 g/mol. The van der Waals surface area contributed by atoms with Crippen LogP contribution in [0.25, 0.3) is 0 Å². The molecule has 0 spiro atoms. The molecule has 5 heteroatoms. The molecular formula is C15H13N3O2. The van der Waals surface area contributed by atoms with Crippen molar-refractivity contribution in [1.29, 1.82) is 0 Å². The lowest BCUT2D eigenvalue weighted by molar-refractivity contribution is 0.102. The summed E-state index contributed by atoms with van der Waals surface area (Å²) < 4.78 is 0. The summed E-state index contributed by atoms with van der Waals surface area (Å²) in [6.07, 6.45) is 6.30. The molecule has 0 radical (unpaired) electrons. The van der Waals surface area contributed by atoms with E-state index in [0.717, 1.165) is 5.56 Å². The van der Waals surface area contributed by atoms with Gasteiger partial charge in [0.1, 0.15) is 6.61 Å². The minimum atomic E-state index is -0.264. The van der Waals surface area contributed by atoms with Gasteiger partial charge >= 0.3 is 0 Å². The number of aryl methyl sites for hydroxylation is 1. The molecule has 2 N–H and O–H groups in total. The van der Waals surface area contributed by atoms with Crippen LogP contribution < -0.4 is 5.32 Å². The van der Waals surface area contributed by atoms with Crippen molar-refractivity contribution in [3.8, 4) is 11.8 Å². The number of carbonyl (C=O) groups excluding carboxylic acids is 1. The smallest absolute Gasteiger partial charge is 0.257 e. The highest BCUT2D eigenvalue weighted by Gasteiger charge is 2.08. The first-order chi connectivity index (χ1) is 9.70. The molecule has 2 heterocycles. The molecule has 0 saturated heterocycles. The molecule has 1 amide bonds. The summed E-state index contributed by atoms with van der Waals surface area (Å²) in [5.41, 5.74) is 2.57. The normalized spacial score (nSPS) is 9.50. The third-order valence-electron chi connectivity index (χ3n) is 2.58. The minimum absolute atomic E-state index is 0.230. The zero-order valence-corrected chi connectivity index (χ0v) is 10.9. The fourth-order valence-corrected chi connectivity index (χ4v) is 1.58. The molecule has 2 aromatic heterocycles. The molecule has 5 nitrogen and oxygen atoms in total. The van der Waals surface area contributed by atoms with Crippen LogP contribution in [-0.2, 0) is 0 Å². The molecular weight excluding hydrogens is 254 g/mol. The number of hydrogen-bond acceptors (Lipinski definition) is 4. The van der Waals surface area contributed by atoms with Gasteiger partial charge in [0, 0.05) is 36.0 Å². The predicted molar refractivity (Wildman–Crippen MR) is 75.1 cm³/mol. The lowest BCUT2D eigenvalue weighted by Gasteiger charge is -2.07. The summed E-state index contributed by atoms with van der Waals surface area (Å²) in [6.45, 7) is 1.64. The van der Waals surface area contributed by atoms with Crippen LogP contribution in [0.4, 0.5) is 5.69 Å². The van der Waals surface area contributed by atoms with Crippen LogP contribution in [0.15, 0.2) is 36.9 Å². The summed E-state index contributed by atoms with van der Waals surface area (Å²) in [6, 6.07) is 3.36. The number of aliphatic hydroxyl groups excluding tert-OH is 1. The molecule has 0 atom stereocenters. The Morgan fingerprint density at radius 3 is 2.95 bits per heavy atom. The number of rotatable bonds is 2. The van der Waals surface area contributed by atoms with E-state index in [1.54, 1.807) is 24.5 Å². The number of aromatic nitrogens is 2. The van der Waals surface area contributed by atoms with E-state index in [0.29, 0.717) is 16.8 Å². The first kappa shape index (κ1) is 13.7. The van der Waals surface area contributed by atoms with Gasteiger partial charge in [0.25, 0.3) is 5.91 Å². The zero-order chi connectivity index (χ0) is 14.4. The Morgan fingerprint density at radius 1 is 1.35 bits per heavy atom. The van der Waals surface area contributed by atoms with Gasteiger partial charge < -0.3 is 10.4 Å². The van der Waals surface area contributed by atoms with Crippen LogP contribution in [0.5, 0.6) is 0 Å². The number of aliphatic hydroxyl groups is 1. The second kappa shape index (κ2) is 6.45. The number of hydrogen-bond donors (Lipinski definition) is 2. The van der Waals surface area contributed by atoms with E-state index in [1.807, 2.05) is 6.92 Å². The standard InChI is InChI=1S/C15H13N3O2/c1-11-8-16-5-4-14(11)18-15(20)13-7-12(3-2-6-19)9-17-10-13/h4-5,7-10,19H,6H2,1H3,(H,16,18,20). The molecule has 0 fully saturated rings. The largest absolute Gasteiger partial charge is 0.384 e. The van der Waals surface area contributed by atoms with Crippen LogP contribution in [0.2, 0.25) is 0 Å². The zero-order valence-electron chi connectivity index (χ0n) is 10.9. The fourth-order valence-electron chi connectivity index (χ4n) is 1.58. The van der Waals surface area contributed by atoms with Crippen molar-refractivity contribution in [3.63, 3.8) is 0 Å². The molecule has 2 rings (SSSR count). The van der Waals surface area contributed by atoms with Gasteiger partial charge in [-0.3, -0.25) is 14.8 Å². The molecule has 100 valence electrons. The van der Waals surface area contributed by atoms with Crippen molar-refractivity contribution >= 4 is 11.6 Å². The van der Waals surface area contributed by atoms with Gasteiger partial charge in [-0.2, -0.15) is 0 Å². The molecule has 0 aliphatic rings. The molecule has 0 aliphatic heterocycles. The summed E-state index contributed by atoms with van der Waals surface area (Å²) >= 11 is 0. The highest BCUT2D eigenvalue weighted by molar-refractivity contribution is 6.04. The van der Waals surface area contributed by atoms with Gasteiger partial charge in [-0.25, -0.2) is 0 Å². The van der Waals surface area contributed by atoms with E-state index in [9.17, 15) is 4.79 Å².